The Kier molecular flexibility index (Phi) is 2.57. The molecule has 1 saturated carbocycles. The molecule has 0 unspecified atom stereocenters. The van der Waals surface area contributed by atoms with E-state index in [1.807, 2.05) is 0 Å². The van der Waals surface area contributed by atoms with Gasteiger partial charge in [-0.25, -0.2) is 0 Å². The number of fused-ring (bicyclic) bond motifs is 2. The highest BCUT2D eigenvalue weighted by Crippen LogP contribution is 2.49. The lowest BCUT2D eigenvalue weighted by molar-refractivity contribution is -0.137. The summed E-state index contributed by atoms with van der Waals surface area (Å²) in [6.45, 7) is 0.545. The summed E-state index contributed by atoms with van der Waals surface area (Å²) >= 11 is 0. The zero-order valence-corrected chi connectivity index (χ0v) is 10.0. The molecular formula is C14H15F3O. The van der Waals surface area contributed by atoms with Gasteiger partial charge in [0.2, 0.25) is 0 Å². The van der Waals surface area contributed by atoms with Crippen LogP contribution in [0.25, 0.3) is 0 Å². The fraction of sp³-hybridized carbons (Fsp3) is 0.571. The van der Waals surface area contributed by atoms with Gasteiger partial charge in [-0.3, -0.25) is 0 Å². The van der Waals surface area contributed by atoms with Crippen molar-refractivity contribution in [2.45, 2.75) is 43.7 Å². The van der Waals surface area contributed by atoms with Gasteiger partial charge < -0.3 is 4.74 Å². The van der Waals surface area contributed by atoms with Crippen LogP contribution in [-0.2, 0) is 11.6 Å². The molecule has 3 rings (SSSR count). The van der Waals surface area contributed by atoms with Crippen LogP contribution in [-0.4, -0.2) is 6.61 Å². The maximum absolute atomic E-state index is 12.6. The van der Waals surface area contributed by atoms with Gasteiger partial charge in [0.1, 0.15) is 5.75 Å². The van der Waals surface area contributed by atoms with Crippen molar-refractivity contribution in [3.63, 3.8) is 0 Å². The molecule has 4 heteroatoms. The minimum Gasteiger partial charge on any atom is -0.492 e. The zero-order chi connectivity index (χ0) is 12.8. The zero-order valence-electron chi connectivity index (χ0n) is 10.0. The number of rotatable bonds is 0. The third-order valence-electron chi connectivity index (χ3n) is 4.19. The molecular weight excluding hydrogens is 241 g/mol. The number of halogens is 3. The maximum atomic E-state index is 12.6. The van der Waals surface area contributed by atoms with E-state index in [0.29, 0.717) is 12.4 Å². The number of alkyl halides is 3. The molecule has 98 valence electrons. The van der Waals surface area contributed by atoms with Crippen molar-refractivity contribution >= 4 is 0 Å². The van der Waals surface area contributed by atoms with Crippen molar-refractivity contribution in [1.82, 2.24) is 0 Å². The first-order valence-corrected chi connectivity index (χ1v) is 6.36. The summed E-state index contributed by atoms with van der Waals surface area (Å²) in [6.07, 6.45) is 1.28. The lowest BCUT2D eigenvalue weighted by Crippen LogP contribution is -2.30. The molecule has 0 N–H and O–H groups in total. The van der Waals surface area contributed by atoms with E-state index < -0.39 is 11.7 Å². The number of hydrogen-bond donors (Lipinski definition) is 0. The predicted molar refractivity (Wildman–Crippen MR) is 61.7 cm³/mol. The fourth-order valence-electron chi connectivity index (χ4n) is 3.19. The van der Waals surface area contributed by atoms with Gasteiger partial charge in [0.05, 0.1) is 12.2 Å². The fourth-order valence-corrected chi connectivity index (χ4v) is 3.19. The normalized spacial score (nSPS) is 21.7. The summed E-state index contributed by atoms with van der Waals surface area (Å²) in [7, 11) is 0. The van der Waals surface area contributed by atoms with Crippen LogP contribution < -0.4 is 4.74 Å². The quantitative estimate of drug-likeness (QED) is 0.672. The molecule has 1 heterocycles. The van der Waals surface area contributed by atoms with Gasteiger partial charge in [-0.05, 0) is 25.0 Å². The van der Waals surface area contributed by atoms with Crippen LogP contribution in [0.3, 0.4) is 0 Å². The molecule has 0 amide bonds. The Labute approximate surface area is 104 Å². The highest BCUT2D eigenvalue weighted by molar-refractivity contribution is 5.47. The van der Waals surface area contributed by atoms with Crippen LogP contribution in [0.4, 0.5) is 13.2 Å². The molecule has 1 nitrogen and oxygen atoms in total. The van der Waals surface area contributed by atoms with Gasteiger partial charge in [0.25, 0.3) is 0 Å². The number of benzene rings is 1. The average molecular weight is 256 g/mol. The van der Waals surface area contributed by atoms with E-state index >= 15 is 0 Å². The van der Waals surface area contributed by atoms with Crippen molar-refractivity contribution in [3.8, 4) is 5.75 Å². The highest BCUT2D eigenvalue weighted by atomic mass is 19.4. The summed E-state index contributed by atoms with van der Waals surface area (Å²) in [5.74, 6) is 0.437. The van der Waals surface area contributed by atoms with Crippen LogP contribution in [0.15, 0.2) is 18.2 Å². The monoisotopic (exact) mass is 256 g/mol. The highest BCUT2D eigenvalue weighted by Gasteiger charge is 2.42. The van der Waals surface area contributed by atoms with E-state index in [1.54, 1.807) is 6.07 Å². The molecule has 0 radical (unpaired) electrons. The molecule has 0 bridgehead atoms. The second-order valence-electron chi connectivity index (χ2n) is 5.34. The second kappa shape index (κ2) is 3.90. The Morgan fingerprint density at radius 1 is 1.06 bits per heavy atom. The summed E-state index contributed by atoms with van der Waals surface area (Å²) < 4.78 is 43.4. The van der Waals surface area contributed by atoms with E-state index in [2.05, 4.69) is 0 Å². The Bertz CT molecular complexity index is 459. The third-order valence-corrected chi connectivity index (χ3v) is 4.19. The predicted octanol–water partition coefficient (Wildman–Crippen LogP) is 4.30. The standard InChI is InChI=1S/C14H15F3O/c15-14(16,17)10-4-5-11-12(8-10)18-9-13(11)6-2-1-3-7-13/h4-5,8H,1-3,6-7,9H2. The van der Waals surface area contributed by atoms with Crippen LogP contribution in [0.2, 0.25) is 0 Å². The first-order valence-electron chi connectivity index (χ1n) is 6.36. The van der Waals surface area contributed by atoms with Crippen LogP contribution in [0.5, 0.6) is 5.75 Å². The second-order valence-corrected chi connectivity index (χ2v) is 5.34. The minimum atomic E-state index is -4.29. The molecule has 1 spiro atoms. The van der Waals surface area contributed by atoms with E-state index in [0.717, 1.165) is 37.3 Å². The molecule has 0 saturated heterocycles. The molecule has 0 aromatic heterocycles. The van der Waals surface area contributed by atoms with Gasteiger partial charge in [0, 0.05) is 11.0 Å². The summed E-state index contributed by atoms with van der Waals surface area (Å²) in [5.41, 5.74) is 0.349. The molecule has 1 aromatic rings. The molecule has 1 aromatic carbocycles. The largest absolute Gasteiger partial charge is 0.492 e. The van der Waals surface area contributed by atoms with Crippen molar-refractivity contribution in [2.24, 2.45) is 0 Å². The Morgan fingerprint density at radius 3 is 2.44 bits per heavy atom. The van der Waals surface area contributed by atoms with Gasteiger partial charge in [-0.15, -0.1) is 0 Å². The maximum Gasteiger partial charge on any atom is 0.416 e. The minimum absolute atomic E-state index is 0.0162. The van der Waals surface area contributed by atoms with Gasteiger partial charge in [-0.2, -0.15) is 13.2 Å². The first-order chi connectivity index (χ1) is 8.51. The topological polar surface area (TPSA) is 9.23 Å². The molecule has 1 fully saturated rings. The third kappa shape index (κ3) is 1.78. The van der Waals surface area contributed by atoms with Crippen LogP contribution in [0, 0.1) is 0 Å². The van der Waals surface area contributed by atoms with Crippen molar-refractivity contribution in [2.75, 3.05) is 6.61 Å². The van der Waals surface area contributed by atoms with Crippen molar-refractivity contribution < 1.29 is 17.9 Å². The summed E-state index contributed by atoms with van der Waals surface area (Å²) in [4.78, 5) is 0. The summed E-state index contributed by atoms with van der Waals surface area (Å²) in [5, 5.41) is 0. The smallest absolute Gasteiger partial charge is 0.416 e. The van der Waals surface area contributed by atoms with Gasteiger partial charge >= 0.3 is 6.18 Å². The van der Waals surface area contributed by atoms with Gasteiger partial charge in [0.15, 0.2) is 0 Å². The lowest BCUT2D eigenvalue weighted by atomic mass is 9.71. The molecule has 2 aliphatic rings. The van der Waals surface area contributed by atoms with Gasteiger partial charge in [-0.1, -0.05) is 25.3 Å². The Morgan fingerprint density at radius 2 is 1.78 bits per heavy atom. The average Bonchev–Trinajstić information content (AvgIpc) is 2.68. The van der Waals surface area contributed by atoms with Crippen LogP contribution >= 0.6 is 0 Å². The van der Waals surface area contributed by atoms with E-state index in [9.17, 15) is 13.2 Å². The summed E-state index contributed by atoms with van der Waals surface area (Å²) in [6, 6.07) is 3.96. The van der Waals surface area contributed by atoms with E-state index in [4.69, 9.17) is 4.74 Å². The molecule has 0 atom stereocenters. The van der Waals surface area contributed by atoms with E-state index in [-0.39, 0.29) is 5.41 Å². The first kappa shape index (κ1) is 11.9. The number of ether oxygens (including phenoxy) is 1. The van der Waals surface area contributed by atoms with Crippen molar-refractivity contribution in [1.29, 1.82) is 0 Å². The molecule has 1 aliphatic heterocycles. The number of hydrogen-bond acceptors (Lipinski definition) is 1. The Hall–Kier alpha value is -1.19. The van der Waals surface area contributed by atoms with E-state index in [1.165, 1.54) is 12.5 Å². The Balaban J connectivity index is 1.98. The molecule has 18 heavy (non-hydrogen) atoms. The van der Waals surface area contributed by atoms with Crippen molar-refractivity contribution in [3.05, 3.63) is 29.3 Å². The molecule has 1 aliphatic carbocycles. The SMILES string of the molecule is FC(F)(F)c1ccc2c(c1)OCC21CCCCC1. The van der Waals surface area contributed by atoms with Crippen LogP contribution in [0.1, 0.15) is 43.2 Å². The lowest BCUT2D eigenvalue weighted by Gasteiger charge is -2.32.